The number of hydrogen-bond donors (Lipinski definition) is 1. The Hall–Kier alpha value is -1.35. The van der Waals surface area contributed by atoms with Gasteiger partial charge in [-0.2, -0.15) is 0 Å². The SMILES string of the molecule is CCN.COC(=O)Cc1ccccc1. The molecular formula is C11H17NO2. The third kappa shape index (κ3) is 6.20. The maximum atomic E-state index is 10.8. The van der Waals surface area contributed by atoms with Crippen LogP contribution >= 0.6 is 0 Å². The summed E-state index contributed by atoms with van der Waals surface area (Å²) >= 11 is 0. The van der Waals surface area contributed by atoms with Crippen LogP contribution in [0.1, 0.15) is 12.5 Å². The molecule has 3 nitrogen and oxygen atoms in total. The number of methoxy groups -OCH3 is 1. The van der Waals surface area contributed by atoms with Crippen molar-refractivity contribution in [3.63, 3.8) is 0 Å². The molecule has 0 heterocycles. The van der Waals surface area contributed by atoms with Crippen LogP contribution in [0.3, 0.4) is 0 Å². The number of benzene rings is 1. The van der Waals surface area contributed by atoms with Crippen LogP contribution in [0.25, 0.3) is 0 Å². The molecule has 0 atom stereocenters. The zero-order chi connectivity index (χ0) is 10.8. The second kappa shape index (κ2) is 8.26. The molecule has 0 radical (unpaired) electrons. The Morgan fingerprint density at radius 1 is 1.36 bits per heavy atom. The minimum atomic E-state index is -0.198. The molecule has 1 rings (SSSR count). The highest BCUT2D eigenvalue weighted by atomic mass is 16.5. The quantitative estimate of drug-likeness (QED) is 0.725. The van der Waals surface area contributed by atoms with Crippen molar-refractivity contribution in [2.45, 2.75) is 13.3 Å². The molecule has 0 fully saturated rings. The summed E-state index contributed by atoms with van der Waals surface area (Å²) in [6.45, 7) is 2.65. The van der Waals surface area contributed by atoms with Crippen molar-refractivity contribution >= 4 is 5.97 Å². The number of carbonyl (C=O) groups excluding carboxylic acids is 1. The summed E-state index contributed by atoms with van der Waals surface area (Å²) in [5.41, 5.74) is 5.83. The van der Waals surface area contributed by atoms with Crippen LogP contribution in [0.15, 0.2) is 30.3 Å². The zero-order valence-corrected chi connectivity index (χ0v) is 8.69. The number of nitrogens with two attached hydrogens (primary N) is 1. The minimum Gasteiger partial charge on any atom is -0.469 e. The maximum absolute atomic E-state index is 10.8. The number of rotatable bonds is 2. The van der Waals surface area contributed by atoms with Crippen LogP contribution < -0.4 is 5.73 Å². The van der Waals surface area contributed by atoms with Gasteiger partial charge in [-0.1, -0.05) is 37.3 Å². The van der Waals surface area contributed by atoms with Gasteiger partial charge in [0.25, 0.3) is 0 Å². The second-order valence-electron chi connectivity index (χ2n) is 2.65. The fraction of sp³-hybridized carbons (Fsp3) is 0.364. The van der Waals surface area contributed by atoms with Gasteiger partial charge in [0.2, 0.25) is 0 Å². The monoisotopic (exact) mass is 195 g/mol. The lowest BCUT2D eigenvalue weighted by molar-refractivity contribution is -0.139. The van der Waals surface area contributed by atoms with E-state index in [1.165, 1.54) is 7.11 Å². The van der Waals surface area contributed by atoms with E-state index >= 15 is 0 Å². The molecule has 78 valence electrons. The summed E-state index contributed by atoms with van der Waals surface area (Å²) in [4.78, 5) is 10.8. The second-order valence-corrected chi connectivity index (χ2v) is 2.65. The predicted octanol–water partition coefficient (Wildman–Crippen LogP) is 1.37. The molecule has 0 spiro atoms. The molecule has 2 N–H and O–H groups in total. The van der Waals surface area contributed by atoms with Gasteiger partial charge in [0, 0.05) is 0 Å². The van der Waals surface area contributed by atoms with E-state index < -0.39 is 0 Å². The summed E-state index contributed by atoms with van der Waals surface area (Å²) in [5.74, 6) is -0.198. The predicted molar refractivity (Wildman–Crippen MR) is 56.9 cm³/mol. The molecule has 0 saturated carbocycles. The summed E-state index contributed by atoms with van der Waals surface area (Å²) in [6, 6.07) is 9.52. The Kier molecular flexibility index (Phi) is 7.46. The van der Waals surface area contributed by atoms with Gasteiger partial charge in [-0.3, -0.25) is 4.79 Å². The molecule has 0 amide bonds. The average Bonchev–Trinajstić information content (AvgIpc) is 2.20. The Morgan fingerprint density at radius 3 is 2.29 bits per heavy atom. The maximum Gasteiger partial charge on any atom is 0.309 e. The van der Waals surface area contributed by atoms with Gasteiger partial charge in [-0.25, -0.2) is 0 Å². The summed E-state index contributed by atoms with van der Waals surface area (Å²) in [6.07, 6.45) is 0.358. The fourth-order valence-corrected chi connectivity index (χ4v) is 0.835. The molecule has 0 aromatic heterocycles. The van der Waals surface area contributed by atoms with Crippen LogP contribution in [0.4, 0.5) is 0 Å². The molecule has 1 aromatic carbocycles. The zero-order valence-electron chi connectivity index (χ0n) is 8.69. The van der Waals surface area contributed by atoms with Gasteiger partial charge in [-0.15, -0.1) is 0 Å². The van der Waals surface area contributed by atoms with Gasteiger partial charge in [0.1, 0.15) is 0 Å². The first-order valence-corrected chi connectivity index (χ1v) is 4.55. The molecule has 3 heteroatoms. The van der Waals surface area contributed by atoms with E-state index in [2.05, 4.69) is 4.74 Å². The van der Waals surface area contributed by atoms with Crippen LogP contribution in [-0.2, 0) is 16.0 Å². The van der Waals surface area contributed by atoms with Crippen LogP contribution in [0.2, 0.25) is 0 Å². The standard InChI is InChI=1S/C9H10O2.C2H7N/c1-11-9(10)7-8-5-3-2-4-6-8;1-2-3/h2-6H,7H2,1H3;2-3H2,1H3. The van der Waals surface area contributed by atoms with Gasteiger partial charge < -0.3 is 10.5 Å². The number of ether oxygens (including phenoxy) is 1. The highest BCUT2D eigenvalue weighted by Gasteiger charge is 1.99. The van der Waals surface area contributed by atoms with Crippen LogP contribution in [0.5, 0.6) is 0 Å². The Bertz CT molecular complexity index is 247. The van der Waals surface area contributed by atoms with Crippen molar-refractivity contribution in [2.75, 3.05) is 13.7 Å². The van der Waals surface area contributed by atoms with Crippen molar-refractivity contribution in [3.05, 3.63) is 35.9 Å². The Balaban J connectivity index is 0.000000500. The summed E-state index contributed by atoms with van der Waals surface area (Å²) in [5, 5.41) is 0. The molecule has 0 aliphatic carbocycles. The van der Waals surface area contributed by atoms with Gasteiger partial charge in [0.05, 0.1) is 13.5 Å². The van der Waals surface area contributed by atoms with Crippen LogP contribution in [0, 0.1) is 0 Å². The van der Waals surface area contributed by atoms with E-state index in [4.69, 9.17) is 5.73 Å². The van der Waals surface area contributed by atoms with Gasteiger partial charge in [0.15, 0.2) is 0 Å². The first kappa shape index (κ1) is 12.7. The molecule has 0 aliphatic heterocycles. The Labute approximate surface area is 84.9 Å². The van der Waals surface area contributed by atoms with E-state index in [1.54, 1.807) is 0 Å². The normalized spacial score (nSPS) is 8.50. The van der Waals surface area contributed by atoms with E-state index in [0.29, 0.717) is 6.42 Å². The van der Waals surface area contributed by atoms with Crippen molar-refractivity contribution in [1.82, 2.24) is 0 Å². The topological polar surface area (TPSA) is 52.3 Å². The van der Waals surface area contributed by atoms with Crippen molar-refractivity contribution in [2.24, 2.45) is 5.73 Å². The number of esters is 1. The molecule has 0 unspecified atom stereocenters. The highest BCUT2D eigenvalue weighted by molar-refractivity contribution is 5.72. The first-order valence-electron chi connectivity index (χ1n) is 4.55. The van der Waals surface area contributed by atoms with E-state index in [-0.39, 0.29) is 5.97 Å². The van der Waals surface area contributed by atoms with E-state index in [1.807, 2.05) is 37.3 Å². The third-order valence-electron chi connectivity index (χ3n) is 1.42. The van der Waals surface area contributed by atoms with Crippen LogP contribution in [-0.4, -0.2) is 19.6 Å². The number of carbonyl (C=O) groups is 1. The minimum absolute atomic E-state index is 0.198. The molecular weight excluding hydrogens is 178 g/mol. The lowest BCUT2D eigenvalue weighted by atomic mass is 10.2. The Morgan fingerprint density at radius 2 is 1.86 bits per heavy atom. The van der Waals surface area contributed by atoms with Crippen molar-refractivity contribution < 1.29 is 9.53 Å². The lowest BCUT2D eigenvalue weighted by Crippen LogP contribution is -2.03. The van der Waals surface area contributed by atoms with Crippen molar-refractivity contribution in [1.29, 1.82) is 0 Å². The highest BCUT2D eigenvalue weighted by Crippen LogP contribution is 1.99. The molecule has 0 saturated heterocycles. The van der Waals surface area contributed by atoms with Gasteiger partial charge in [-0.05, 0) is 12.1 Å². The smallest absolute Gasteiger partial charge is 0.309 e. The fourth-order valence-electron chi connectivity index (χ4n) is 0.835. The van der Waals surface area contributed by atoms with Gasteiger partial charge >= 0.3 is 5.97 Å². The average molecular weight is 195 g/mol. The molecule has 0 bridgehead atoms. The molecule has 14 heavy (non-hydrogen) atoms. The third-order valence-corrected chi connectivity index (χ3v) is 1.42. The van der Waals surface area contributed by atoms with E-state index in [0.717, 1.165) is 12.1 Å². The van der Waals surface area contributed by atoms with Crippen molar-refractivity contribution in [3.8, 4) is 0 Å². The summed E-state index contributed by atoms with van der Waals surface area (Å²) in [7, 11) is 1.39. The first-order chi connectivity index (χ1) is 6.74. The molecule has 0 aliphatic rings. The van der Waals surface area contributed by atoms with E-state index in [9.17, 15) is 4.79 Å². The largest absolute Gasteiger partial charge is 0.469 e. The molecule has 1 aromatic rings. The lowest BCUT2D eigenvalue weighted by Gasteiger charge is -1.97. The number of hydrogen-bond acceptors (Lipinski definition) is 3. The summed E-state index contributed by atoms with van der Waals surface area (Å²) < 4.78 is 4.52.